The number of fused-ring (bicyclic) bond motifs is 1. The van der Waals surface area contributed by atoms with E-state index in [1.165, 1.54) is 36.0 Å². The van der Waals surface area contributed by atoms with Crippen LogP contribution in [0.15, 0.2) is 71.4 Å². The molecule has 88 valence electrons. The van der Waals surface area contributed by atoms with Crippen molar-refractivity contribution in [3.8, 4) is 0 Å². The molecule has 0 aromatic carbocycles. The van der Waals surface area contributed by atoms with Crippen molar-refractivity contribution < 1.29 is 0 Å². The highest BCUT2D eigenvalue weighted by atomic mass is 14.1. The molecule has 0 aromatic heterocycles. The lowest BCUT2D eigenvalue weighted by molar-refractivity contribution is 0.926. The summed E-state index contributed by atoms with van der Waals surface area (Å²) in [6.07, 6.45) is 24.5. The van der Waals surface area contributed by atoms with Gasteiger partial charge in [0.25, 0.3) is 0 Å². The lowest BCUT2D eigenvalue weighted by atomic mass is 10.1. The van der Waals surface area contributed by atoms with E-state index in [1.54, 1.807) is 0 Å². The van der Waals surface area contributed by atoms with E-state index in [4.69, 9.17) is 0 Å². The molecule has 0 heterocycles. The predicted octanol–water partition coefficient (Wildman–Crippen LogP) is 5.04. The maximum atomic E-state index is 2.32. The summed E-state index contributed by atoms with van der Waals surface area (Å²) in [4.78, 5) is 0. The Morgan fingerprint density at radius 2 is 1.65 bits per heavy atom. The molecule has 0 heteroatoms. The standard InChI is InChI=1S/C17H20/c1-2-7-15-8-5-3-4-6-9-16-12-13-17(14-16)11-10-15/h3-6,8-11,14H,2,7,12-13H2,1H3/b4-3-,5-3?,6-4?,8-5-,9-6-,11-10?,15-8?,15-10-,16-9?,17-11-. The van der Waals surface area contributed by atoms with Gasteiger partial charge in [-0.15, -0.1) is 0 Å². The second-order valence-corrected chi connectivity index (χ2v) is 4.56. The quantitative estimate of drug-likeness (QED) is 0.616. The third-order valence-electron chi connectivity index (χ3n) is 3.08. The summed E-state index contributed by atoms with van der Waals surface area (Å²) in [5.41, 5.74) is 4.31. The molecule has 0 fully saturated rings. The maximum absolute atomic E-state index is 2.32. The van der Waals surface area contributed by atoms with Crippen LogP contribution in [0.25, 0.3) is 0 Å². The van der Waals surface area contributed by atoms with E-state index in [-0.39, 0.29) is 0 Å². The molecule has 0 amide bonds. The van der Waals surface area contributed by atoms with Crippen LogP contribution < -0.4 is 0 Å². The van der Waals surface area contributed by atoms with Crippen LogP contribution in [0.2, 0.25) is 0 Å². The average Bonchev–Trinajstić information content (AvgIpc) is 2.77. The van der Waals surface area contributed by atoms with E-state index < -0.39 is 0 Å². The van der Waals surface area contributed by atoms with E-state index in [2.05, 4.69) is 61.6 Å². The highest BCUT2D eigenvalue weighted by molar-refractivity contribution is 5.41. The van der Waals surface area contributed by atoms with Gasteiger partial charge in [0.15, 0.2) is 0 Å². The third kappa shape index (κ3) is 3.74. The Hall–Kier alpha value is -1.56. The van der Waals surface area contributed by atoms with Gasteiger partial charge in [-0.25, -0.2) is 0 Å². The van der Waals surface area contributed by atoms with Crippen LogP contribution in [0.5, 0.6) is 0 Å². The number of hydrogen-bond donors (Lipinski definition) is 0. The van der Waals surface area contributed by atoms with Crippen LogP contribution in [0.4, 0.5) is 0 Å². The Labute approximate surface area is 104 Å². The summed E-state index contributed by atoms with van der Waals surface area (Å²) in [7, 11) is 0. The highest BCUT2D eigenvalue weighted by Gasteiger charge is 2.05. The zero-order valence-electron chi connectivity index (χ0n) is 10.5. The highest BCUT2D eigenvalue weighted by Crippen LogP contribution is 2.24. The number of hydrogen-bond acceptors (Lipinski definition) is 0. The van der Waals surface area contributed by atoms with Gasteiger partial charge in [0.05, 0.1) is 0 Å². The fourth-order valence-electron chi connectivity index (χ4n) is 2.15. The zero-order valence-corrected chi connectivity index (χ0v) is 10.5. The number of rotatable bonds is 2. The van der Waals surface area contributed by atoms with Gasteiger partial charge >= 0.3 is 0 Å². The minimum Gasteiger partial charge on any atom is -0.0651 e. The molecule has 2 rings (SSSR count). The van der Waals surface area contributed by atoms with Crippen molar-refractivity contribution in [1.29, 1.82) is 0 Å². The molecule has 0 N–H and O–H groups in total. The normalized spacial score (nSPS) is 31.0. The molecule has 0 unspecified atom stereocenters. The van der Waals surface area contributed by atoms with E-state index in [0.717, 1.165) is 6.42 Å². The Kier molecular flexibility index (Phi) is 4.37. The van der Waals surface area contributed by atoms with Gasteiger partial charge in [0.1, 0.15) is 0 Å². The minimum atomic E-state index is 1.15. The topological polar surface area (TPSA) is 0 Å². The third-order valence-corrected chi connectivity index (χ3v) is 3.08. The van der Waals surface area contributed by atoms with Gasteiger partial charge in [-0.2, -0.15) is 0 Å². The summed E-state index contributed by atoms with van der Waals surface area (Å²) in [5, 5.41) is 0. The van der Waals surface area contributed by atoms with E-state index in [1.807, 2.05) is 0 Å². The smallest absolute Gasteiger partial charge is 0.0238 e. The molecule has 0 saturated carbocycles. The molecule has 2 aliphatic rings. The van der Waals surface area contributed by atoms with Gasteiger partial charge in [0.2, 0.25) is 0 Å². The first-order chi connectivity index (χ1) is 8.38. The van der Waals surface area contributed by atoms with Gasteiger partial charge in [-0.3, -0.25) is 0 Å². The SMILES string of the molecule is CCCC1=C/C=C2C=C(/C=C\C=C/C=C\1)CC\2. The Morgan fingerprint density at radius 3 is 2.47 bits per heavy atom. The first kappa shape index (κ1) is 11.9. The predicted molar refractivity (Wildman–Crippen MR) is 75.8 cm³/mol. The van der Waals surface area contributed by atoms with Crippen LogP contribution in [0, 0.1) is 0 Å². The molecule has 0 radical (unpaired) electrons. The molecular formula is C17H20. The Balaban J connectivity index is 2.26. The second kappa shape index (κ2) is 6.24. The van der Waals surface area contributed by atoms with Crippen molar-refractivity contribution in [3.05, 3.63) is 71.4 Å². The molecule has 0 aromatic rings. The summed E-state index contributed by atoms with van der Waals surface area (Å²) < 4.78 is 0. The van der Waals surface area contributed by atoms with Crippen LogP contribution in [-0.2, 0) is 0 Å². The molecule has 0 aliphatic heterocycles. The van der Waals surface area contributed by atoms with E-state index in [9.17, 15) is 0 Å². The summed E-state index contributed by atoms with van der Waals surface area (Å²) in [5.74, 6) is 0. The van der Waals surface area contributed by atoms with Crippen molar-refractivity contribution in [1.82, 2.24) is 0 Å². The van der Waals surface area contributed by atoms with Crippen LogP contribution in [0.3, 0.4) is 0 Å². The number of allylic oxidation sites excluding steroid dienone is 12. The first-order valence-electron chi connectivity index (χ1n) is 6.50. The van der Waals surface area contributed by atoms with Crippen molar-refractivity contribution >= 4 is 0 Å². The van der Waals surface area contributed by atoms with Crippen molar-refractivity contribution in [2.75, 3.05) is 0 Å². The van der Waals surface area contributed by atoms with E-state index in [0.29, 0.717) is 0 Å². The Morgan fingerprint density at radius 1 is 0.882 bits per heavy atom. The van der Waals surface area contributed by atoms with Crippen LogP contribution >= 0.6 is 0 Å². The summed E-state index contributed by atoms with van der Waals surface area (Å²) >= 11 is 0. The average molecular weight is 224 g/mol. The monoisotopic (exact) mass is 224 g/mol. The maximum Gasteiger partial charge on any atom is -0.0238 e. The fourth-order valence-corrected chi connectivity index (χ4v) is 2.15. The fraction of sp³-hybridized carbons (Fsp3) is 0.294. The van der Waals surface area contributed by atoms with Crippen molar-refractivity contribution in [2.45, 2.75) is 32.6 Å². The van der Waals surface area contributed by atoms with Gasteiger partial charge in [0, 0.05) is 0 Å². The molecule has 0 saturated heterocycles. The zero-order chi connectivity index (χ0) is 11.9. The minimum absolute atomic E-state index is 1.15. The molecule has 0 nitrogen and oxygen atoms in total. The van der Waals surface area contributed by atoms with Crippen molar-refractivity contribution in [2.24, 2.45) is 0 Å². The van der Waals surface area contributed by atoms with Gasteiger partial charge < -0.3 is 0 Å². The van der Waals surface area contributed by atoms with E-state index >= 15 is 0 Å². The molecular weight excluding hydrogens is 204 g/mol. The molecule has 17 heavy (non-hydrogen) atoms. The molecule has 2 bridgehead atoms. The lowest BCUT2D eigenvalue weighted by Gasteiger charge is -1.98. The Bertz CT molecular complexity index is 437. The van der Waals surface area contributed by atoms with Crippen LogP contribution in [-0.4, -0.2) is 0 Å². The summed E-state index contributed by atoms with van der Waals surface area (Å²) in [6.45, 7) is 2.23. The van der Waals surface area contributed by atoms with Gasteiger partial charge in [-0.1, -0.05) is 68.0 Å². The lowest BCUT2D eigenvalue weighted by Crippen LogP contribution is -1.77. The summed E-state index contributed by atoms with van der Waals surface area (Å²) in [6, 6.07) is 0. The largest absolute Gasteiger partial charge is 0.0651 e. The molecule has 0 spiro atoms. The van der Waals surface area contributed by atoms with Crippen molar-refractivity contribution in [3.63, 3.8) is 0 Å². The molecule has 0 atom stereocenters. The first-order valence-corrected chi connectivity index (χ1v) is 6.50. The van der Waals surface area contributed by atoms with Crippen LogP contribution in [0.1, 0.15) is 32.6 Å². The second-order valence-electron chi connectivity index (χ2n) is 4.56. The molecule has 2 aliphatic carbocycles. The van der Waals surface area contributed by atoms with Gasteiger partial charge in [-0.05, 0) is 36.0 Å².